The van der Waals surface area contributed by atoms with E-state index in [0.29, 0.717) is 6.42 Å². The first-order chi connectivity index (χ1) is 8.04. The summed E-state index contributed by atoms with van der Waals surface area (Å²) in [6.45, 7) is 0. The van der Waals surface area contributed by atoms with Gasteiger partial charge in [-0.2, -0.15) is 0 Å². The largest absolute Gasteiger partial charge is 0.494 e. The van der Waals surface area contributed by atoms with E-state index in [1.807, 2.05) is 0 Å². The van der Waals surface area contributed by atoms with Crippen LogP contribution in [0.4, 0.5) is 8.78 Å². The van der Waals surface area contributed by atoms with Gasteiger partial charge in [-0.25, -0.2) is 13.6 Å². The fourth-order valence-corrected chi connectivity index (χ4v) is 1.34. The molecule has 0 aliphatic heterocycles. The molecule has 0 amide bonds. The minimum atomic E-state index is -1.06. The molecule has 0 aliphatic carbocycles. The van der Waals surface area contributed by atoms with E-state index in [2.05, 4.69) is 4.74 Å². The Bertz CT molecular complexity index is 442. The van der Waals surface area contributed by atoms with Gasteiger partial charge in [0.1, 0.15) is 5.82 Å². The maximum Gasteiger partial charge on any atom is 0.327 e. The van der Waals surface area contributed by atoms with Crippen molar-refractivity contribution in [2.75, 3.05) is 7.11 Å². The first kappa shape index (κ1) is 13.2. The summed E-state index contributed by atoms with van der Waals surface area (Å²) in [5.74, 6) is -2.41. The number of carboxylic acids is 1. The van der Waals surface area contributed by atoms with Crippen LogP contribution in [0.5, 0.6) is 5.75 Å². The van der Waals surface area contributed by atoms with Crippen molar-refractivity contribution in [1.82, 2.24) is 0 Å². The molecule has 1 rings (SSSR count). The van der Waals surface area contributed by atoms with E-state index in [9.17, 15) is 13.6 Å². The highest BCUT2D eigenvalue weighted by atomic mass is 19.1. The minimum Gasteiger partial charge on any atom is -0.494 e. The molecule has 17 heavy (non-hydrogen) atoms. The lowest BCUT2D eigenvalue weighted by atomic mass is 10.1. The van der Waals surface area contributed by atoms with Crippen LogP contribution in [0.2, 0.25) is 0 Å². The number of aryl methyl sites for hydroxylation is 1. The normalized spacial score (nSPS) is 10.8. The third-order valence-electron chi connectivity index (χ3n) is 2.16. The summed E-state index contributed by atoms with van der Waals surface area (Å²) in [7, 11) is 1.26. The van der Waals surface area contributed by atoms with Crippen molar-refractivity contribution in [2.24, 2.45) is 0 Å². The smallest absolute Gasteiger partial charge is 0.327 e. The lowest BCUT2D eigenvalue weighted by Crippen LogP contribution is -1.96. The monoisotopic (exact) mass is 242 g/mol. The lowest BCUT2D eigenvalue weighted by Gasteiger charge is -2.05. The second kappa shape index (κ2) is 5.98. The summed E-state index contributed by atoms with van der Waals surface area (Å²) in [6, 6.07) is 2.04. The van der Waals surface area contributed by atoms with E-state index < -0.39 is 17.6 Å². The van der Waals surface area contributed by atoms with E-state index in [0.717, 1.165) is 18.2 Å². The van der Waals surface area contributed by atoms with Crippen LogP contribution in [-0.4, -0.2) is 18.2 Å². The number of rotatable bonds is 5. The summed E-state index contributed by atoms with van der Waals surface area (Å²) in [6.07, 6.45) is 2.92. The molecule has 0 atom stereocenters. The Kier molecular flexibility index (Phi) is 4.63. The number of aliphatic carboxylic acids is 1. The van der Waals surface area contributed by atoms with Crippen molar-refractivity contribution in [3.05, 3.63) is 41.5 Å². The third-order valence-corrected chi connectivity index (χ3v) is 2.16. The first-order valence-corrected chi connectivity index (χ1v) is 4.96. The van der Waals surface area contributed by atoms with Gasteiger partial charge in [-0.1, -0.05) is 6.08 Å². The van der Waals surface area contributed by atoms with Gasteiger partial charge in [0.15, 0.2) is 11.6 Å². The molecule has 1 aromatic rings. The highest BCUT2D eigenvalue weighted by Crippen LogP contribution is 2.22. The molecular weight excluding hydrogens is 230 g/mol. The molecule has 0 aliphatic rings. The molecule has 5 heteroatoms. The standard InChI is InChI=1S/C12H12F2O3/c1-17-11-7-9(13)8(6-10(11)14)4-2-3-5-12(15)16/h3,5-7H,2,4H2,1H3,(H,15,16)/b5-3+. The second-order valence-corrected chi connectivity index (χ2v) is 3.36. The Labute approximate surface area is 97.3 Å². The van der Waals surface area contributed by atoms with Crippen molar-refractivity contribution < 1.29 is 23.4 Å². The molecule has 0 fully saturated rings. The van der Waals surface area contributed by atoms with Gasteiger partial charge < -0.3 is 9.84 Å². The molecule has 92 valence electrons. The fourth-order valence-electron chi connectivity index (χ4n) is 1.34. The average molecular weight is 242 g/mol. The summed E-state index contributed by atoms with van der Waals surface area (Å²) >= 11 is 0. The average Bonchev–Trinajstić information content (AvgIpc) is 2.28. The Morgan fingerprint density at radius 2 is 2.12 bits per heavy atom. The number of carbonyl (C=O) groups is 1. The van der Waals surface area contributed by atoms with Gasteiger partial charge in [0.05, 0.1) is 7.11 Å². The SMILES string of the molecule is COc1cc(F)c(CC/C=C/C(=O)O)cc1F. The van der Waals surface area contributed by atoms with Crippen molar-refractivity contribution in [3.8, 4) is 5.75 Å². The van der Waals surface area contributed by atoms with Gasteiger partial charge in [-0.05, 0) is 24.5 Å². The summed E-state index contributed by atoms with van der Waals surface area (Å²) < 4.78 is 31.3. The number of benzene rings is 1. The molecule has 1 aromatic carbocycles. The van der Waals surface area contributed by atoms with Crippen molar-refractivity contribution in [3.63, 3.8) is 0 Å². The van der Waals surface area contributed by atoms with Gasteiger partial charge in [0.2, 0.25) is 0 Å². The topological polar surface area (TPSA) is 46.5 Å². The van der Waals surface area contributed by atoms with Crippen LogP contribution in [0.1, 0.15) is 12.0 Å². The van der Waals surface area contributed by atoms with Crippen molar-refractivity contribution in [1.29, 1.82) is 0 Å². The fraction of sp³-hybridized carbons (Fsp3) is 0.250. The van der Waals surface area contributed by atoms with E-state index >= 15 is 0 Å². The van der Waals surface area contributed by atoms with Gasteiger partial charge in [0.25, 0.3) is 0 Å². The number of allylic oxidation sites excluding steroid dienone is 1. The van der Waals surface area contributed by atoms with Crippen molar-refractivity contribution >= 4 is 5.97 Å². The zero-order valence-electron chi connectivity index (χ0n) is 9.24. The number of ether oxygens (including phenoxy) is 1. The van der Waals surface area contributed by atoms with Crippen LogP contribution in [0, 0.1) is 11.6 Å². The molecule has 0 aromatic heterocycles. The summed E-state index contributed by atoms with van der Waals surface area (Å²) in [5.41, 5.74) is 0.193. The minimum absolute atomic E-state index is 0.146. The molecule has 0 heterocycles. The van der Waals surface area contributed by atoms with E-state index in [1.54, 1.807) is 0 Å². The lowest BCUT2D eigenvalue weighted by molar-refractivity contribution is -0.131. The van der Waals surface area contributed by atoms with Crippen LogP contribution >= 0.6 is 0 Å². The van der Waals surface area contributed by atoms with E-state index in [-0.39, 0.29) is 17.7 Å². The Hall–Kier alpha value is -1.91. The van der Waals surface area contributed by atoms with E-state index in [1.165, 1.54) is 13.2 Å². The molecule has 0 saturated carbocycles. The third kappa shape index (κ3) is 3.86. The highest BCUT2D eigenvalue weighted by molar-refractivity contribution is 5.79. The van der Waals surface area contributed by atoms with Crippen LogP contribution in [0.15, 0.2) is 24.3 Å². The van der Waals surface area contributed by atoms with Crippen LogP contribution in [0.25, 0.3) is 0 Å². The molecular formula is C12H12F2O3. The maximum atomic E-state index is 13.4. The van der Waals surface area contributed by atoms with Crippen molar-refractivity contribution in [2.45, 2.75) is 12.8 Å². The van der Waals surface area contributed by atoms with Gasteiger partial charge >= 0.3 is 5.97 Å². The zero-order chi connectivity index (χ0) is 12.8. The number of hydrogen-bond donors (Lipinski definition) is 1. The molecule has 0 spiro atoms. The molecule has 0 unspecified atom stereocenters. The van der Waals surface area contributed by atoms with Gasteiger partial charge in [-0.3, -0.25) is 0 Å². The molecule has 3 nitrogen and oxygen atoms in total. The number of halogens is 2. The molecule has 1 N–H and O–H groups in total. The number of hydrogen-bond acceptors (Lipinski definition) is 2. The van der Waals surface area contributed by atoms with Crippen LogP contribution < -0.4 is 4.74 Å². The Morgan fingerprint density at radius 1 is 1.41 bits per heavy atom. The molecule has 0 radical (unpaired) electrons. The predicted octanol–water partition coefficient (Wildman–Crippen LogP) is 2.55. The van der Waals surface area contributed by atoms with Gasteiger partial charge in [0, 0.05) is 12.1 Å². The van der Waals surface area contributed by atoms with E-state index in [4.69, 9.17) is 5.11 Å². The highest BCUT2D eigenvalue weighted by Gasteiger charge is 2.09. The zero-order valence-corrected chi connectivity index (χ0v) is 9.24. The first-order valence-electron chi connectivity index (χ1n) is 4.96. The molecule has 0 bridgehead atoms. The second-order valence-electron chi connectivity index (χ2n) is 3.36. The molecule has 0 saturated heterocycles. The Morgan fingerprint density at radius 3 is 2.71 bits per heavy atom. The van der Waals surface area contributed by atoms with Crippen LogP contribution in [-0.2, 0) is 11.2 Å². The maximum absolute atomic E-state index is 13.4. The number of methoxy groups -OCH3 is 1. The van der Waals surface area contributed by atoms with Gasteiger partial charge in [-0.15, -0.1) is 0 Å². The Balaban J connectivity index is 2.72. The van der Waals surface area contributed by atoms with Crippen LogP contribution in [0.3, 0.4) is 0 Å². The number of carboxylic acid groups (broad SMARTS) is 1. The summed E-state index contributed by atoms with van der Waals surface area (Å²) in [5, 5.41) is 8.34. The quantitative estimate of drug-likeness (QED) is 0.807. The summed E-state index contributed by atoms with van der Waals surface area (Å²) in [4.78, 5) is 10.2. The predicted molar refractivity (Wildman–Crippen MR) is 58.0 cm³/mol.